The molecule has 6 nitrogen and oxygen atoms in total. The van der Waals surface area contributed by atoms with Crippen LogP contribution in [0.25, 0.3) is 11.0 Å². The number of fused-ring (bicyclic) bond motifs is 1. The number of rotatable bonds is 5. The predicted octanol–water partition coefficient (Wildman–Crippen LogP) is 2.25. The van der Waals surface area contributed by atoms with Gasteiger partial charge in [0, 0.05) is 32.2 Å². The van der Waals surface area contributed by atoms with Crippen LogP contribution in [0.4, 0.5) is 5.95 Å². The molecule has 24 heavy (non-hydrogen) atoms. The highest BCUT2D eigenvalue weighted by Crippen LogP contribution is 2.29. The highest BCUT2D eigenvalue weighted by atomic mass is 16.1. The molecule has 2 aromatic rings. The second-order valence-electron chi connectivity index (χ2n) is 6.74. The van der Waals surface area contributed by atoms with Gasteiger partial charge in [0.2, 0.25) is 5.95 Å². The molecule has 6 heteroatoms. The first kappa shape index (κ1) is 16.8. The Kier molecular flexibility index (Phi) is 4.76. The van der Waals surface area contributed by atoms with E-state index in [2.05, 4.69) is 35.1 Å². The number of hydrogen-bond donors (Lipinski definition) is 1. The number of benzene rings is 1. The number of piperazine rings is 1. The van der Waals surface area contributed by atoms with Crippen LogP contribution in [0.5, 0.6) is 0 Å². The van der Waals surface area contributed by atoms with E-state index in [9.17, 15) is 4.79 Å². The highest BCUT2D eigenvalue weighted by Gasteiger charge is 2.24. The van der Waals surface area contributed by atoms with E-state index in [1.54, 1.807) is 6.07 Å². The van der Waals surface area contributed by atoms with Gasteiger partial charge in [0.05, 0.1) is 11.1 Å². The fraction of sp³-hybridized carbons (Fsp3) is 0.556. The molecule has 0 saturated carbocycles. The molecule has 0 bridgehead atoms. The molecule has 1 aromatic heterocycles. The van der Waals surface area contributed by atoms with Gasteiger partial charge in [-0.25, -0.2) is 4.98 Å². The average molecular weight is 329 g/mol. The molecule has 0 atom stereocenters. The van der Waals surface area contributed by atoms with E-state index in [1.807, 2.05) is 12.1 Å². The van der Waals surface area contributed by atoms with Gasteiger partial charge in [-0.15, -0.1) is 0 Å². The molecule has 0 unspecified atom stereocenters. The third-order valence-electron chi connectivity index (χ3n) is 4.68. The van der Waals surface area contributed by atoms with Crippen LogP contribution in [0.1, 0.15) is 43.6 Å². The average Bonchev–Trinajstić information content (AvgIpc) is 2.95. The first-order chi connectivity index (χ1) is 11.5. The van der Waals surface area contributed by atoms with Gasteiger partial charge in [-0.3, -0.25) is 9.69 Å². The number of amides is 1. The van der Waals surface area contributed by atoms with Crippen molar-refractivity contribution in [1.29, 1.82) is 0 Å². The summed E-state index contributed by atoms with van der Waals surface area (Å²) < 4.78 is 2.22. The first-order valence-electron chi connectivity index (χ1n) is 8.81. The Morgan fingerprint density at radius 2 is 1.96 bits per heavy atom. The molecular formula is C18H27N5O. The maximum atomic E-state index is 11.7. The second-order valence-corrected chi connectivity index (χ2v) is 6.74. The standard InChI is InChI=1S/C18H27N5O/c1-4-8-21-9-11-22(12-10-21)18-20-16-14(17(19)24)6-5-7-15(16)23(18)13(2)3/h5-7,13H,4,8-12H2,1-3H3,(H2,19,24). The Hall–Kier alpha value is -2.08. The highest BCUT2D eigenvalue weighted by molar-refractivity contribution is 6.04. The number of para-hydroxylation sites is 1. The molecule has 130 valence electrons. The molecule has 3 rings (SSSR count). The molecule has 1 saturated heterocycles. The fourth-order valence-corrected chi connectivity index (χ4v) is 3.52. The van der Waals surface area contributed by atoms with Crippen molar-refractivity contribution in [3.63, 3.8) is 0 Å². The number of carbonyl (C=O) groups excluding carboxylic acids is 1. The Morgan fingerprint density at radius 1 is 1.25 bits per heavy atom. The summed E-state index contributed by atoms with van der Waals surface area (Å²) in [4.78, 5) is 21.4. The van der Waals surface area contributed by atoms with E-state index in [1.165, 1.54) is 6.42 Å². The largest absolute Gasteiger partial charge is 0.366 e. The molecule has 1 aliphatic rings. The van der Waals surface area contributed by atoms with Crippen molar-refractivity contribution in [2.75, 3.05) is 37.6 Å². The van der Waals surface area contributed by atoms with Gasteiger partial charge in [0.15, 0.2) is 0 Å². The molecule has 0 spiro atoms. The summed E-state index contributed by atoms with van der Waals surface area (Å²) in [5.41, 5.74) is 7.73. The van der Waals surface area contributed by atoms with Crippen LogP contribution >= 0.6 is 0 Å². The predicted molar refractivity (Wildman–Crippen MR) is 97.6 cm³/mol. The van der Waals surface area contributed by atoms with Gasteiger partial charge in [0.25, 0.3) is 5.91 Å². The summed E-state index contributed by atoms with van der Waals surface area (Å²) in [6.07, 6.45) is 1.19. The molecule has 1 amide bonds. The molecule has 1 fully saturated rings. The van der Waals surface area contributed by atoms with E-state index in [4.69, 9.17) is 10.7 Å². The number of primary amides is 1. The minimum Gasteiger partial charge on any atom is -0.366 e. The van der Waals surface area contributed by atoms with Crippen LogP contribution in [0.2, 0.25) is 0 Å². The van der Waals surface area contributed by atoms with Crippen molar-refractivity contribution in [3.8, 4) is 0 Å². The summed E-state index contributed by atoms with van der Waals surface area (Å²) in [6.45, 7) is 11.7. The summed E-state index contributed by atoms with van der Waals surface area (Å²) in [7, 11) is 0. The van der Waals surface area contributed by atoms with E-state index in [-0.39, 0.29) is 6.04 Å². The van der Waals surface area contributed by atoms with Crippen molar-refractivity contribution in [3.05, 3.63) is 23.8 Å². The quantitative estimate of drug-likeness (QED) is 0.913. The normalized spacial score (nSPS) is 16.2. The van der Waals surface area contributed by atoms with Crippen molar-refractivity contribution in [2.24, 2.45) is 5.73 Å². The van der Waals surface area contributed by atoms with Crippen LogP contribution in [-0.4, -0.2) is 53.1 Å². The van der Waals surface area contributed by atoms with Crippen molar-refractivity contribution >= 4 is 22.9 Å². The van der Waals surface area contributed by atoms with Crippen LogP contribution in [0.3, 0.4) is 0 Å². The number of carbonyl (C=O) groups is 1. The smallest absolute Gasteiger partial charge is 0.250 e. The zero-order chi connectivity index (χ0) is 17.3. The van der Waals surface area contributed by atoms with E-state index in [0.717, 1.165) is 44.2 Å². The number of anilines is 1. The lowest BCUT2D eigenvalue weighted by Crippen LogP contribution is -2.47. The maximum absolute atomic E-state index is 11.7. The monoisotopic (exact) mass is 329 g/mol. The maximum Gasteiger partial charge on any atom is 0.250 e. The molecular weight excluding hydrogens is 302 g/mol. The number of nitrogens with two attached hydrogens (primary N) is 1. The van der Waals surface area contributed by atoms with E-state index >= 15 is 0 Å². The zero-order valence-electron chi connectivity index (χ0n) is 14.8. The Morgan fingerprint density at radius 3 is 2.54 bits per heavy atom. The molecule has 1 aromatic carbocycles. The molecule has 0 radical (unpaired) electrons. The number of nitrogens with zero attached hydrogens (tertiary/aromatic N) is 4. The van der Waals surface area contributed by atoms with Gasteiger partial charge in [0.1, 0.15) is 5.52 Å². The Balaban J connectivity index is 2.00. The van der Waals surface area contributed by atoms with Crippen molar-refractivity contribution in [1.82, 2.24) is 14.5 Å². The molecule has 0 aliphatic carbocycles. The van der Waals surface area contributed by atoms with Crippen LogP contribution in [0.15, 0.2) is 18.2 Å². The number of aromatic nitrogens is 2. The SMILES string of the molecule is CCCN1CCN(c2nc3c(C(N)=O)cccc3n2C(C)C)CC1. The third-order valence-corrected chi connectivity index (χ3v) is 4.68. The zero-order valence-corrected chi connectivity index (χ0v) is 14.8. The van der Waals surface area contributed by atoms with Gasteiger partial charge < -0.3 is 15.2 Å². The lowest BCUT2D eigenvalue weighted by molar-refractivity contribution is 0.100. The Bertz CT molecular complexity index is 728. The van der Waals surface area contributed by atoms with Crippen LogP contribution in [-0.2, 0) is 0 Å². The van der Waals surface area contributed by atoms with E-state index in [0.29, 0.717) is 11.1 Å². The molecule has 2 heterocycles. The summed E-state index contributed by atoms with van der Waals surface area (Å²) in [5.74, 6) is 0.526. The van der Waals surface area contributed by atoms with Crippen LogP contribution in [0, 0.1) is 0 Å². The molecule has 2 N–H and O–H groups in total. The topological polar surface area (TPSA) is 67.4 Å². The minimum absolute atomic E-state index is 0.266. The minimum atomic E-state index is -0.423. The summed E-state index contributed by atoms with van der Waals surface area (Å²) in [6, 6.07) is 5.92. The Labute approximate surface area is 143 Å². The summed E-state index contributed by atoms with van der Waals surface area (Å²) in [5, 5.41) is 0. The number of imidazole rings is 1. The van der Waals surface area contributed by atoms with E-state index < -0.39 is 5.91 Å². The van der Waals surface area contributed by atoms with Gasteiger partial charge in [-0.1, -0.05) is 13.0 Å². The lowest BCUT2D eigenvalue weighted by atomic mass is 10.1. The summed E-state index contributed by atoms with van der Waals surface area (Å²) >= 11 is 0. The van der Waals surface area contributed by atoms with Crippen molar-refractivity contribution < 1.29 is 4.79 Å². The van der Waals surface area contributed by atoms with Gasteiger partial charge in [-0.05, 0) is 38.9 Å². The van der Waals surface area contributed by atoms with Gasteiger partial charge in [-0.2, -0.15) is 0 Å². The molecule has 1 aliphatic heterocycles. The van der Waals surface area contributed by atoms with Crippen molar-refractivity contribution in [2.45, 2.75) is 33.2 Å². The second kappa shape index (κ2) is 6.81. The number of hydrogen-bond acceptors (Lipinski definition) is 4. The first-order valence-corrected chi connectivity index (χ1v) is 8.81. The van der Waals surface area contributed by atoms with Crippen LogP contribution < -0.4 is 10.6 Å². The fourth-order valence-electron chi connectivity index (χ4n) is 3.52. The van der Waals surface area contributed by atoms with Gasteiger partial charge >= 0.3 is 0 Å². The third kappa shape index (κ3) is 2.98. The lowest BCUT2D eigenvalue weighted by Gasteiger charge is -2.35.